The van der Waals surface area contributed by atoms with Crippen molar-refractivity contribution in [3.63, 3.8) is 0 Å². The summed E-state index contributed by atoms with van der Waals surface area (Å²) in [6.45, 7) is 0. The molecule has 1 N–H and O–H groups in total. The maximum atomic E-state index is 12.4. The molecule has 0 unspecified atom stereocenters. The summed E-state index contributed by atoms with van der Waals surface area (Å²) < 4.78 is 31.5. The van der Waals surface area contributed by atoms with Crippen LogP contribution in [-0.4, -0.2) is 27.5 Å². The molecule has 2 rings (SSSR count). The molecule has 0 saturated carbocycles. The molecule has 0 spiro atoms. The first-order valence-corrected chi connectivity index (χ1v) is 8.33. The number of carbonyl (C=O) groups excluding carboxylic acids is 2. The number of aromatic carboxylic acids is 1. The third-order valence-electron chi connectivity index (χ3n) is 3.01. The monoisotopic (exact) mass is 368 g/mol. The van der Waals surface area contributed by atoms with E-state index < -0.39 is 26.9 Å². The van der Waals surface area contributed by atoms with Crippen LogP contribution < -0.4 is 9.83 Å². The lowest BCUT2D eigenvalue weighted by Crippen LogP contribution is -2.23. The maximum absolute atomic E-state index is 12.4. The molecule has 0 bridgehead atoms. The number of esters is 1. The zero-order chi connectivity index (χ0) is 17.9. The first kappa shape index (κ1) is 17.8. The van der Waals surface area contributed by atoms with Crippen molar-refractivity contribution in [2.75, 3.05) is 11.8 Å². The van der Waals surface area contributed by atoms with E-state index in [9.17, 15) is 23.1 Å². The number of halogens is 1. The summed E-state index contributed by atoms with van der Waals surface area (Å²) in [5, 5.41) is 10.7. The predicted octanol–water partition coefficient (Wildman–Crippen LogP) is 1.29. The van der Waals surface area contributed by atoms with Crippen molar-refractivity contribution in [1.82, 2.24) is 0 Å². The molecular weight excluding hydrogens is 358 g/mol. The van der Waals surface area contributed by atoms with Crippen molar-refractivity contribution in [3.8, 4) is 0 Å². The van der Waals surface area contributed by atoms with Gasteiger partial charge in [0.25, 0.3) is 10.0 Å². The average molecular weight is 369 g/mol. The summed E-state index contributed by atoms with van der Waals surface area (Å²) in [5.74, 6) is -2.08. The number of hydrogen-bond acceptors (Lipinski definition) is 6. The van der Waals surface area contributed by atoms with E-state index >= 15 is 0 Å². The topological polar surface area (TPSA) is 113 Å². The molecule has 126 valence electrons. The fourth-order valence-corrected chi connectivity index (χ4v) is 3.42. The van der Waals surface area contributed by atoms with Crippen molar-refractivity contribution in [2.45, 2.75) is 4.90 Å². The lowest BCUT2D eigenvalue weighted by Gasteiger charge is -2.12. The molecule has 0 atom stereocenters. The van der Waals surface area contributed by atoms with Gasteiger partial charge in [-0.3, -0.25) is 4.72 Å². The van der Waals surface area contributed by atoms with Gasteiger partial charge in [0.1, 0.15) is 4.90 Å². The molecule has 0 heterocycles. The fourth-order valence-electron chi connectivity index (χ4n) is 1.84. The Balaban J connectivity index is 2.33. The highest BCUT2D eigenvalue weighted by atomic mass is 35.5. The largest absolute Gasteiger partial charge is 0.545 e. The Morgan fingerprint density at radius 3 is 2.21 bits per heavy atom. The van der Waals surface area contributed by atoms with Gasteiger partial charge in [0, 0.05) is 5.69 Å². The minimum atomic E-state index is -4.13. The number of benzene rings is 2. The molecule has 2 aromatic carbocycles. The van der Waals surface area contributed by atoms with Crippen molar-refractivity contribution in [3.05, 3.63) is 58.6 Å². The second-order valence-corrected chi connectivity index (χ2v) is 6.67. The number of nitrogens with one attached hydrogen (secondary N) is 1. The third kappa shape index (κ3) is 3.84. The van der Waals surface area contributed by atoms with E-state index in [1.165, 1.54) is 31.4 Å². The van der Waals surface area contributed by atoms with Crippen LogP contribution in [0.3, 0.4) is 0 Å². The molecule has 0 radical (unpaired) electrons. The van der Waals surface area contributed by atoms with Crippen LogP contribution >= 0.6 is 11.6 Å². The number of carbonyl (C=O) groups is 2. The Labute approximate surface area is 142 Å². The van der Waals surface area contributed by atoms with Crippen molar-refractivity contribution < 1.29 is 27.9 Å². The van der Waals surface area contributed by atoms with Gasteiger partial charge in [-0.25, -0.2) is 13.2 Å². The summed E-state index contributed by atoms with van der Waals surface area (Å²) in [6.07, 6.45) is 0. The van der Waals surface area contributed by atoms with Gasteiger partial charge in [-0.05, 0) is 42.0 Å². The molecule has 0 aliphatic heterocycles. The van der Waals surface area contributed by atoms with E-state index in [-0.39, 0.29) is 21.8 Å². The first-order chi connectivity index (χ1) is 11.2. The Morgan fingerprint density at radius 1 is 1.08 bits per heavy atom. The van der Waals surface area contributed by atoms with Gasteiger partial charge in [-0.2, -0.15) is 0 Å². The zero-order valence-electron chi connectivity index (χ0n) is 12.3. The van der Waals surface area contributed by atoms with Crippen LogP contribution in [-0.2, 0) is 14.8 Å². The number of carboxylic acids is 1. The van der Waals surface area contributed by atoms with Gasteiger partial charge in [-0.15, -0.1) is 0 Å². The van der Waals surface area contributed by atoms with Crippen molar-refractivity contribution >= 4 is 39.3 Å². The predicted molar refractivity (Wildman–Crippen MR) is 84.4 cm³/mol. The molecule has 0 amide bonds. The smallest absolute Gasteiger partial charge is 0.337 e. The molecule has 7 nitrogen and oxygen atoms in total. The second-order valence-electron chi connectivity index (χ2n) is 4.61. The third-order valence-corrected chi connectivity index (χ3v) is 4.88. The van der Waals surface area contributed by atoms with E-state index in [4.69, 9.17) is 11.6 Å². The van der Waals surface area contributed by atoms with Crippen LogP contribution in [0.25, 0.3) is 0 Å². The van der Waals surface area contributed by atoms with Crippen LogP contribution in [0.1, 0.15) is 20.7 Å². The number of sulfonamides is 1. The second kappa shape index (κ2) is 6.90. The summed E-state index contributed by atoms with van der Waals surface area (Å²) >= 11 is 5.84. The van der Waals surface area contributed by atoms with Gasteiger partial charge in [0.15, 0.2) is 0 Å². The number of hydrogen-bond donors (Lipinski definition) is 1. The van der Waals surface area contributed by atoms with Crippen molar-refractivity contribution in [1.29, 1.82) is 0 Å². The van der Waals surface area contributed by atoms with Gasteiger partial charge < -0.3 is 14.6 Å². The van der Waals surface area contributed by atoms with E-state index in [1.54, 1.807) is 0 Å². The summed E-state index contributed by atoms with van der Waals surface area (Å²) in [5.41, 5.74) is 0.0933. The summed E-state index contributed by atoms with van der Waals surface area (Å²) in [6, 6.07) is 8.68. The maximum Gasteiger partial charge on any atom is 0.337 e. The molecule has 0 aliphatic rings. The summed E-state index contributed by atoms with van der Waals surface area (Å²) in [7, 11) is -2.90. The number of rotatable bonds is 5. The molecule has 0 fully saturated rings. The zero-order valence-corrected chi connectivity index (χ0v) is 13.8. The van der Waals surface area contributed by atoms with Crippen LogP contribution in [0, 0.1) is 0 Å². The van der Waals surface area contributed by atoms with E-state index in [1.807, 2.05) is 0 Å². The van der Waals surface area contributed by atoms with Crippen LogP contribution in [0.5, 0.6) is 0 Å². The SMILES string of the molecule is COC(=O)c1ccc(NS(=O)(=O)c2cc(C(=O)[O-])ccc2Cl)cc1. The lowest BCUT2D eigenvalue weighted by molar-refractivity contribution is -0.255. The standard InChI is InChI=1S/C15H12ClNO6S/c1-23-15(20)9-2-5-11(6-3-9)17-24(21,22)13-8-10(14(18)19)4-7-12(13)16/h2-8,17H,1H3,(H,18,19)/p-1. The number of methoxy groups -OCH3 is 1. The Morgan fingerprint density at radius 2 is 1.67 bits per heavy atom. The van der Waals surface area contributed by atoms with Gasteiger partial charge in [0.2, 0.25) is 0 Å². The van der Waals surface area contributed by atoms with Gasteiger partial charge in [-0.1, -0.05) is 17.7 Å². The fraction of sp³-hybridized carbons (Fsp3) is 0.0667. The van der Waals surface area contributed by atoms with E-state index in [0.29, 0.717) is 0 Å². The van der Waals surface area contributed by atoms with E-state index in [0.717, 1.165) is 18.2 Å². The van der Waals surface area contributed by atoms with E-state index in [2.05, 4.69) is 9.46 Å². The Bertz CT molecular complexity index is 893. The Kier molecular flexibility index (Phi) is 5.10. The van der Waals surface area contributed by atoms with Crippen LogP contribution in [0.15, 0.2) is 47.4 Å². The highest BCUT2D eigenvalue weighted by Crippen LogP contribution is 2.25. The first-order valence-electron chi connectivity index (χ1n) is 6.46. The van der Waals surface area contributed by atoms with Gasteiger partial charge >= 0.3 is 5.97 Å². The number of carboxylic acid groups (broad SMARTS) is 1. The Hall–Kier alpha value is -2.58. The van der Waals surface area contributed by atoms with Gasteiger partial charge in [0.05, 0.1) is 23.7 Å². The summed E-state index contributed by atoms with van der Waals surface area (Å²) in [4.78, 5) is 21.8. The number of anilines is 1. The minimum absolute atomic E-state index is 0.140. The van der Waals surface area contributed by atoms with Crippen LogP contribution in [0.4, 0.5) is 5.69 Å². The molecule has 0 saturated heterocycles. The number of ether oxygens (including phenoxy) is 1. The lowest BCUT2D eigenvalue weighted by atomic mass is 10.2. The van der Waals surface area contributed by atoms with Crippen LogP contribution in [0.2, 0.25) is 5.02 Å². The minimum Gasteiger partial charge on any atom is -0.545 e. The highest BCUT2D eigenvalue weighted by Gasteiger charge is 2.19. The normalized spacial score (nSPS) is 10.9. The van der Waals surface area contributed by atoms with Crippen molar-refractivity contribution in [2.24, 2.45) is 0 Å². The molecule has 0 aromatic heterocycles. The highest BCUT2D eigenvalue weighted by molar-refractivity contribution is 7.92. The molecule has 0 aliphatic carbocycles. The molecule has 9 heteroatoms. The molecular formula is C15H11ClNO6S-. The molecule has 24 heavy (non-hydrogen) atoms. The average Bonchev–Trinajstić information content (AvgIpc) is 2.54. The quantitative estimate of drug-likeness (QED) is 0.796. The molecule has 2 aromatic rings.